The van der Waals surface area contributed by atoms with E-state index in [1.165, 1.54) is 11.1 Å². The van der Waals surface area contributed by atoms with Gasteiger partial charge in [-0.1, -0.05) is 60.7 Å². The van der Waals surface area contributed by atoms with E-state index in [9.17, 15) is 0 Å². The first-order chi connectivity index (χ1) is 12.8. The molecule has 4 fully saturated rings. The summed E-state index contributed by atoms with van der Waals surface area (Å²) in [5, 5.41) is 0. The van der Waals surface area contributed by atoms with Crippen molar-refractivity contribution in [3.8, 4) is 0 Å². The van der Waals surface area contributed by atoms with Gasteiger partial charge < -0.3 is 18.9 Å². The van der Waals surface area contributed by atoms with Crippen molar-refractivity contribution in [1.29, 1.82) is 0 Å². The Balaban J connectivity index is 1.41. The van der Waals surface area contributed by atoms with Gasteiger partial charge in [0.2, 0.25) is 5.79 Å². The third kappa shape index (κ3) is 1.78. The molecule has 0 aromatic heterocycles. The Morgan fingerprint density at radius 3 is 1.58 bits per heavy atom. The highest BCUT2D eigenvalue weighted by Gasteiger charge is 2.87. The Bertz CT molecular complexity index is 753. The predicted molar refractivity (Wildman–Crippen MR) is 94.5 cm³/mol. The highest BCUT2D eigenvalue weighted by Crippen LogP contribution is 2.74. The molecule has 0 unspecified atom stereocenters. The molecule has 134 valence electrons. The first kappa shape index (κ1) is 15.3. The molecular formula is C22H22O4. The fourth-order valence-corrected chi connectivity index (χ4v) is 5.37. The zero-order chi connectivity index (χ0) is 17.2. The highest BCUT2D eigenvalue weighted by atomic mass is 16.8. The lowest BCUT2D eigenvalue weighted by atomic mass is 9.70. The van der Waals surface area contributed by atoms with Crippen LogP contribution in [0, 0.1) is 0 Å². The third-order valence-corrected chi connectivity index (χ3v) is 6.50. The minimum Gasteiger partial charge on any atom is -0.355 e. The number of rotatable bonds is 2. The maximum Gasteiger partial charge on any atom is 0.234 e. The quantitative estimate of drug-likeness (QED) is 0.770. The number of hydrogen-bond donors (Lipinski definition) is 0. The summed E-state index contributed by atoms with van der Waals surface area (Å²) in [5.41, 5.74) is 1.51. The first-order valence-electron chi connectivity index (χ1n) is 9.55. The maximum absolute atomic E-state index is 6.40. The van der Waals surface area contributed by atoms with Crippen LogP contribution in [0.2, 0.25) is 0 Å². The Morgan fingerprint density at radius 2 is 1.12 bits per heavy atom. The zero-order valence-corrected chi connectivity index (χ0v) is 14.6. The van der Waals surface area contributed by atoms with E-state index in [2.05, 4.69) is 48.5 Å². The van der Waals surface area contributed by atoms with E-state index < -0.39 is 17.0 Å². The number of epoxide rings is 2. The van der Waals surface area contributed by atoms with Crippen LogP contribution < -0.4 is 0 Å². The largest absolute Gasteiger partial charge is 0.355 e. The number of hydrogen-bond acceptors (Lipinski definition) is 4. The second-order valence-electron chi connectivity index (χ2n) is 7.76. The third-order valence-electron chi connectivity index (χ3n) is 6.50. The SMILES string of the molecule is c1ccc([C@H]2O[C@]23CCC[C@]2(O[C@H]2c2ccccc2)C32OCCO2)cc1. The van der Waals surface area contributed by atoms with Gasteiger partial charge in [-0.3, -0.25) is 0 Å². The first-order valence-corrected chi connectivity index (χ1v) is 9.55. The van der Waals surface area contributed by atoms with Crippen LogP contribution >= 0.6 is 0 Å². The minimum atomic E-state index is -0.806. The van der Waals surface area contributed by atoms with Gasteiger partial charge in [0.25, 0.3) is 0 Å². The molecule has 26 heavy (non-hydrogen) atoms. The minimum absolute atomic E-state index is 0.0135. The van der Waals surface area contributed by atoms with E-state index in [0.717, 1.165) is 19.3 Å². The summed E-state index contributed by atoms with van der Waals surface area (Å²) in [7, 11) is 0. The summed E-state index contributed by atoms with van der Waals surface area (Å²) >= 11 is 0. The number of benzene rings is 2. The predicted octanol–water partition coefficient (Wildman–Crippen LogP) is 3.93. The fourth-order valence-electron chi connectivity index (χ4n) is 5.37. The molecule has 4 heteroatoms. The number of ether oxygens (including phenoxy) is 4. The summed E-state index contributed by atoms with van der Waals surface area (Å²) < 4.78 is 25.5. The normalized spacial score (nSPS) is 39.5. The molecule has 2 aromatic rings. The van der Waals surface area contributed by atoms with E-state index in [1.54, 1.807) is 0 Å². The molecule has 1 saturated carbocycles. The van der Waals surface area contributed by atoms with E-state index in [0.29, 0.717) is 13.2 Å². The molecule has 2 aromatic carbocycles. The Kier molecular flexibility index (Phi) is 3.05. The van der Waals surface area contributed by atoms with Crippen molar-refractivity contribution in [3.05, 3.63) is 71.8 Å². The van der Waals surface area contributed by atoms with Crippen LogP contribution in [0.1, 0.15) is 42.6 Å². The molecule has 4 nitrogen and oxygen atoms in total. The topological polar surface area (TPSA) is 43.5 Å². The van der Waals surface area contributed by atoms with E-state index in [4.69, 9.17) is 18.9 Å². The van der Waals surface area contributed by atoms with Gasteiger partial charge in [-0.05, 0) is 30.4 Å². The molecule has 3 heterocycles. The number of fused-ring (bicyclic) bond motifs is 2. The van der Waals surface area contributed by atoms with Crippen molar-refractivity contribution in [2.45, 2.75) is 48.5 Å². The lowest BCUT2D eigenvalue weighted by Crippen LogP contribution is -2.61. The van der Waals surface area contributed by atoms with Crippen LogP contribution in [0.15, 0.2) is 60.7 Å². The standard InChI is InChI=1S/C22H22O4/c1-3-8-16(9-4-1)18-20(25-18)12-7-13-21(22(20)23-14-15-24-22)19(26-21)17-10-5-2-6-11-17/h1-6,8-11,18-19H,7,12-15H2/t18-,19+,20-,21-/m1/s1. The Labute approximate surface area is 153 Å². The monoisotopic (exact) mass is 350 g/mol. The van der Waals surface area contributed by atoms with Crippen molar-refractivity contribution >= 4 is 0 Å². The van der Waals surface area contributed by atoms with Gasteiger partial charge in [-0.15, -0.1) is 0 Å². The zero-order valence-electron chi connectivity index (χ0n) is 14.6. The van der Waals surface area contributed by atoms with Crippen LogP contribution in [0.4, 0.5) is 0 Å². The molecule has 4 aliphatic rings. The second-order valence-corrected chi connectivity index (χ2v) is 7.76. The Hall–Kier alpha value is -1.72. The van der Waals surface area contributed by atoms with Crippen molar-refractivity contribution < 1.29 is 18.9 Å². The van der Waals surface area contributed by atoms with Gasteiger partial charge in [0.15, 0.2) is 11.2 Å². The average Bonchev–Trinajstić information content (AvgIpc) is 3.56. The van der Waals surface area contributed by atoms with E-state index in [1.807, 2.05) is 12.1 Å². The molecule has 1 aliphatic carbocycles. The average molecular weight is 350 g/mol. The smallest absolute Gasteiger partial charge is 0.234 e. The van der Waals surface area contributed by atoms with Crippen molar-refractivity contribution in [2.75, 3.05) is 13.2 Å². The fraction of sp³-hybridized carbons (Fsp3) is 0.455. The van der Waals surface area contributed by atoms with E-state index in [-0.39, 0.29) is 12.2 Å². The molecule has 3 saturated heterocycles. The Morgan fingerprint density at radius 1 is 0.654 bits per heavy atom. The van der Waals surface area contributed by atoms with Gasteiger partial charge in [0.1, 0.15) is 12.2 Å². The van der Waals surface area contributed by atoms with E-state index >= 15 is 0 Å². The van der Waals surface area contributed by atoms with Gasteiger partial charge >= 0.3 is 0 Å². The van der Waals surface area contributed by atoms with Crippen molar-refractivity contribution in [1.82, 2.24) is 0 Å². The maximum atomic E-state index is 6.40. The summed E-state index contributed by atoms with van der Waals surface area (Å²) in [6.45, 7) is 1.19. The van der Waals surface area contributed by atoms with Crippen LogP contribution in [0.5, 0.6) is 0 Å². The lowest BCUT2D eigenvalue weighted by Gasteiger charge is -2.43. The molecule has 0 bridgehead atoms. The molecule has 3 spiro atoms. The van der Waals surface area contributed by atoms with Crippen LogP contribution in [0.3, 0.4) is 0 Å². The summed E-state index contributed by atoms with van der Waals surface area (Å²) in [4.78, 5) is 0. The van der Waals surface area contributed by atoms with Gasteiger partial charge in [0, 0.05) is 0 Å². The van der Waals surface area contributed by atoms with Crippen LogP contribution in [-0.2, 0) is 18.9 Å². The molecule has 4 atom stereocenters. The van der Waals surface area contributed by atoms with Gasteiger partial charge in [-0.25, -0.2) is 0 Å². The molecule has 3 aliphatic heterocycles. The summed E-state index contributed by atoms with van der Waals surface area (Å²) in [6, 6.07) is 20.8. The summed E-state index contributed by atoms with van der Waals surface area (Å²) in [6.07, 6.45) is 2.97. The van der Waals surface area contributed by atoms with Gasteiger partial charge in [0.05, 0.1) is 13.2 Å². The molecule has 0 radical (unpaired) electrons. The van der Waals surface area contributed by atoms with Crippen molar-refractivity contribution in [3.63, 3.8) is 0 Å². The van der Waals surface area contributed by atoms with Crippen LogP contribution in [-0.4, -0.2) is 30.2 Å². The van der Waals surface area contributed by atoms with Gasteiger partial charge in [-0.2, -0.15) is 0 Å². The molecule has 0 N–H and O–H groups in total. The molecule has 0 amide bonds. The summed E-state index contributed by atoms with van der Waals surface area (Å²) in [5.74, 6) is -0.806. The second kappa shape index (κ2) is 5.17. The van der Waals surface area contributed by atoms with Crippen LogP contribution in [0.25, 0.3) is 0 Å². The highest BCUT2D eigenvalue weighted by molar-refractivity contribution is 5.39. The van der Waals surface area contributed by atoms with Crippen molar-refractivity contribution in [2.24, 2.45) is 0 Å². The molecule has 6 rings (SSSR count). The molecular weight excluding hydrogens is 328 g/mol. The lowest BCUT2D eigenvalue weighted by molar-refractivity contribution is -0.258.